The lowest BCUT2D eigenvalue weighted by atomic mass is 10.00. The van der Waals surface area contributed by atoms with Crippen LogP contribution >= 0.6 is 0 Å². The van der Waals surface area contributed by atoms with Crippen LogP contribution in [0, 0.1) is 0 Å². The van der Waals surface area contributed by atoms with Gasteiger partial charge in [0.2, 0.25) is 11.8 Å². The largest absolute Gasteiger partial charge is 0.354 e. The van der Waals surface area contributed by atoms with E-state index in [0.717, 1.165) is 6.42 Å². The van der Waals surface area contributed by atoms with Crippen LogP contribution < -0.4 is 11.1 Å². The van der Waals surface area contributed by atoms with E-state index in [1.54, 1.807) is 4.90 Å². The van der Waals surface area contributed by atoms with Gasteiger partial charge in [-0.25, -0.2) is 0 Å². The molecule has 1 rings (SSSR count). The summed E-state index contributed by atoms with van der Waals surface area (Å²) in [6.07, 6.45) is 1.88. The molecule has 0 bridgehead atoms. The molecule has 1 aliphatic heterocycles. The molecule has 1 fully saturated rings. The zero-order valence-electron chi connectivity index (χ0n) is 10.1. The van der Waals surface area contributed by atoms with E-state index in [2.05, 4.69) is 5.32 Å². The van der Waals surface area contributed by atoms with Crippen molar-refractivity contribution in [2.75, 3.05) is 19.6 Å². The molecule has 0 unspecified atom stereocenters. The monoisotopic (exact) mass is 227 g/mol. The van der Waals surface area contributed by atoms with Gasteiger partial charge in [-0.05, 0) is 26.7 Å². The standard InChI is InChI=1S/C11H21N3O2/c1-11(2,12)5-4-10(16)14-7-3-6-13-9(15)8-14/h3-8,12H2,1-2H3,(H,13,15). The second-order valence-corrected chi connectivity index (χ2v) is 5.01. The highest BCUT2D eigenvalue weighted by molar-refractivity contribution is 5.85. The minimum atomic E-state index is -0.330. The molecule has 0 aromatic carbocycles. The average Bonchev–Trinajstić information content (AvgIpc) is 2.38. The minimum Gasteiger partial charge on any atom is -0.354 e. The van der Waals surface area contributed by atoms with E-state index in [1.165, 1.54) is 0 Å². The van der Waals surface area contributed by atoms with Crippen LogP contribution in [0.15, 0.2) is 0 Å². The highest BCUT2D eigenvalue weighted by Gasteiger charge is 2.21. The lowest BCUT2D eigenvalue weighted by Gasteiger charge is -2.22. The molecular formula is C11H21N3O2. The molecule has 2 amide bonds. The van der Waals surface area contributed by atoms with Gasteiger partial charge in [0, 0.05) is 25.0 Å². The molecule has 5 nitrogen and oxygen atoms in total. The van der Waals surface area contributed by atoms with Gasteiger partial charge in [-0.2, -0.15) is 0 Å². The predicted octanol–water partition coefficient (Wildman–Crippen LogP) is -0.148. The lowest BCUT2D eigenvalue weighted by molar-refractivity contribution is -0.135. The number of amides is 2. The van der Waals surface area contributed by atoms with Crippen molar-refractivity contribution in [1.82, 2.24) is 10.2 Å². The molecule has 1 aliphatic rings. The fourth-order valence-electron chi connectivity index (χ4n) is 1.61. The number of hydrogen-bond donors (Lipinski definition) is 2. The number of nitrogens with two attached hydrogens (primary N) is 1. The quantitative estimate of drug-likeness (QED) is 0.704. The predicted molar refractivity (Wildman–Crippen MR) is 61.7 cm³/mol. The summed E-state index contributed by atoms with van der Waals surface area (Å²) in [5.41, 5.74) is 5.49. The summed E-state index contributed by atoms with van der Waals surface area (Å²) < 4.78 is 0. The Bertz CT molecular complexity index is 271. The average molecular weight is 227 g/mol. The molecular weight excluding hydrogens is 206 g/mol. The fraction of sp³-hybridized carbons (Fsp3) is 0.818. The first-order valence-electron chi connectivity index (χ1n) is 5.72. The third kappa shape index (κ3) is 4.61. The Balaban J connectivity index is 2.43. The van der Waals surface area contributed by atoms with Crippen molar-refractivity contribution >= 4 is 11.8 Å². The summed E-state index contributed by atoms with van der Waals surface area (Å²) in [4.78, 5) is 24.7. The summed E-state index contributed by atoms with van der Waals surface area (Å²) in [6, 6.07) is 0. The van der Waals surface area contributed by atoms with Crippen molar-refractivity contribution in [3.05, 3.63) is 0 Å². The smallest absolute Gasteiger partial charge is 0.239 e. The number of carbonyl (C=O) groups is 2. The van der Waals surface area contributed by atoms with Gasteiger partial charge in [-0.15, -0.1) is 0 Å². The second-order valence-electron chi connectivity index (χ2n) is 5.01. The summed E-state index contributed by atoms with van der Waals surface area (Å²) in [7, 11) is 0. The molecule has 5 heteroatoms. The van der Waals surface area contributed by atoms with Gasteiger partial charge >= 0.3 is 0 Å². The Morgan fingerprint density at radius 2 is 2.25 bits per heavy atom. The Hall–Kier alpha value is -1.10. The number of hydrogen-bond acceptors (Lipinski definition) is 3. The van der Waals surface area contributed by atoms with Gasteiger partial charge in [-0.1, -0.05) is 0 Å². The van der Waals surface area contributed by atoms with Crippen LogP contribution in [0.4, 0.5) is 0 Å². The highest BCUT2D eigenvalue weighted by atomic mass is 16.2. The molecule has 1 heterocycles. The molecule has 0 saturated carbocycles. The number of nitrogens with one attached hydrogen (secondary N) is 1. The molecule has 1 saturated heterocycles. The van der Waals surface area contributed by atoms with Crippen LogP contribution in [0.2, 0.25) is 0 Å². The van der Waals surface area contributed by atoms with Crippen molar-refractivity contribution < 1.29 is 9.59 Å². The molecule has 0 radical (unpaired) electrons. The maximum absolute atomic E-state index is 11.8. The first-order valence-corrected chi connectivity index (χ1v) is 5.72. The fourth-order valence-corrected chi connectivity index (χ4v) is 1.61. The van der Waals surface area contributed by atoms with Gasteiger partial charge in [0.05, 0.1) is 6.54 Å². The molecule has 0 atom stereocenters. The minimum absolute atomic E-state index is 0.0237. The molecule has 0 aliphatic carbocycles. The summed E-state index contributed by atoms with van der Waals surface area (Å²) in [5.74, 6) is -0.0477. The molecule has 16 heavy (non-hydrogen) atoms. The van der Waals surface area contributed by atoms with Crippen molar-refractivity contribution in [2.24, 2.45) is 5.73 Å². The van der Waals surface area contributed by atoms with E-state index in [9.17, 15) is 9.59 Å². The Morgan fingerprint density at radius 1 is 1.56 bits per heavy atom. The number of nitrogens with zero attached hydrogens (tertiary/aromatic N) is 1. The zero-order valence-corrected chi connectivity index (χ0v) is 10.1. The number of carbonyl (C=O) groups excluding carboxylic acids is 2. The summed E-state index contributed by atoms with van der Waals surface area (Å²) >= 11 is 0. The van der Waals surface area contributed by atoms with Crippen LogP contribution in [0.1, 0.15) is 33.1 Å². The van der Waals surface area contributed by atoms with Crippen LogP contribution in [0.5, 0.6) is 0 Å². The van der Waals surface area contributed by atoms with Crippen molar-refractivity contribution in [1.29, 1.82) is 0 Å². The SMILES string of the molecule is CC(C)(N)CCC(=O)N1CCCNC(=O)C1. The molecule has 0 spiro atoms. The van der Waals surface area contributed by atoms with Crippen molar-refractivity contribution in [3.8, 4) is 0 Å². The van der Waals surface area contributed by atoms with Crippen molar-refractivity contribution in [2.45, 2.75) is 38.6 Å². The van der Waals surface area contributed by atoms with E-state index >= 15 is 0 Å². The van der Waals surface area contributed by atoms with E-state index in [1.807, 2.05) is 13.8 Å². The van der Waals surface area contributed by atoms with Crippen LogP contribution in [0.25, 0.3) is 0 Å². The van der Waals surface area contributed by atoms with Crippen LogP contribution in [-0.2, 0) is 9.59 Å². The summed E-state index contributed by atoms with van der Waals surface area (Å²) in [5, 5.41) is 2.74. The van der Waals surface area contributed by atoms with Crippen molar-refractivity contribution in [3.63, 3.8) is 0 Å². The first kappa shape index (κ1) is 13.0. The Morgan fingerprint density at radius 3 is 2.88 bits per heavy atom. The van der Waals surface area contributed by atoms with Gasteiger partial charge in [-0.3, -0.25) is 9.59 Å². The Labute approximate surface area is 96.4 Å². The maximum Gasteiger partial charge on any atom is 0.239 e. The molecule has 92 valence electrons. The molecule has 0 aromatic rings. The van der Waals surface area contributed by atoms with Crippen LogP contribution in [-0.4, -0.2) is 41.9 Å². The second kappa shape index (κ2) is 5.30. The first-order chi connectivity index (χ1) is 7.38. The summed E-state index contributed by atoms with van der Waals surface area (Å²) in [6.45, 7) is 5.29. The topological polar surface area (TPSA) is 75.4 Å². The van der Waals surface area contributed by atoms with E-state index in [-0.39, 0.29) is 23.9 Å². The van der Waals surface area contributed by atoms with Gasteiger partial charge in [0.1, 0.15) is 0 Å². The third-order valence-corrected chi connectivity index (χ3v) is 2.60. The number of rotatable bonds is 3. The van der Waals surface area contributed by atoms with Gasteiger partial charge < -0.3 is 16.0 Å². The highest BCUT2D eigenvalue weighted by Crippen LogP contribution is 2.09. The molecule has 0 aromatic heterocycles. The third-order valence-electron chi connectivity index (χ3n) is 2.60. The zero-order chi connectivity index (χ0) is 12.2. The van der Waals surface area contributed by atoms with Gasteiger partial charge in [0.15, 0.2) is 0 Å². The Kier molecular flexibility index (Phi) is 4.29. The molecule has 3 N–H and O–H groups in total. The van der Waals surface area contributed by atoms with Crippen LogP contribution in [0.3, 0.4) is 0 Å². The maximum atomic E-state index is 11.8. The van der Waals surface area contributed by atoms with E-state index in [0.29, 0.717) is 25.9 Å². The van der Waals surface area contributed by atoms with E-state index < -0.39 is 0 Å². The van der Waals surface area contributed by atoms with Gasteiger partial charge in [0.25, 0.3) is 0 Å². The van der Waals surface area contributed by atoms with E-state index in [4.69, 9.17) is 5.73 Å². The normalized spacial score (nSPS) is 17.9. The lowest BCUT2D eigenvalue weighted by Crippen LogP contribution is -2.39.